The number of fused-ring (bicyclic) bond motifs is 1. The zero-order valence-corrected chi connectivity index (χ0v) is 15.0. The lowest BCUT2D eigenvalue weighted by atomic mass is 9.96. The van der Waals surface area contributed by atoms with E-state index in [1.54, 1.807) is 0 Å². The summed E-state index contributed by atoms with van der Waals surface area (Å²) in [6.07, 6.45) is 5.47. The Hall–Kier alpha value is -1.79. The molecule has 1 aliphatic rings. The number of thiophene rings is 1. The SMILES string of the molecule is Cc1ccc2c(Cl)c(C(=O)NNC(=O)NC3CCCCC3)sc2c1. The molecule has 24 heavy (non-hydrogen) atoms. The summed E-state index contributed by atoms with van der Waals surface area (Å²) in [5.74, 6) is -0.405. The van der Waals surface area contributed by atoms with Crippen molar-refractivity contribution < 1.29 is 9.59 Å². The van der Waals surface area contributed by atoms with Crippen LogP contribution in [-0.4, -0.2) is 18.0 Å². The standard InChI is InChI=1S/C17H20ClN3O2S/c1-10-7-8-12-13(9-10)24-15(14(12)18)16(22)20-21-17(23)19-11-5-3-2-4-6-11/h7-9,11H,2-6H2,1H3,(H,20,22)(H2,19,21,23). The molecular weight excluding hydrogens is 346 g/mol. The van der Waals surface area contributed by atoms with Gasteiger partial charge in [-0.25, -0.2) is 10.2 Å². The van der Waals surface area contributed by atoms with Gasteiger partial charge in [-0.05, 0) is 31.4 Å². The van der Waals surface area contributed by atoms with Gasteiger partial charge in [0.2, 0.25) is 0 Å². The van der Waals surface area contributed by atoms with Crippen LogP contribution in [0.15, 0.2) is 18.2 Å². The molecule has 0 bridgehead atoms. The molecule has 1 aromatic heterocycles. The fourth-order valence-corrected chi connectivity index (χ4v) is 4.47. The number of hydrogen-bond acceptors (Lipinski definition) is 3. The van der Waals surface area contributed by atoms with Crippen LogP contribution in [0.4, 0.5) is 4.79 Å². The summed E-state index contributed by atoms with van der Waals surface area (Å²) in [6.45, 7) is 1.99. The van der Waals surface area contributed by atoms with Gasteiger partial charge < -0.3 is 5.32 Å². The first-order chi connectivity index (χ1) is 11.5. The van der Waals surface area contributed by atoms with E-state index in [1.165, 1.54) is 17.8 Å². The highest BCUT2D eigenvalue weighted by atomic mass is 35.5. The minimum Gasteiger partial charge on any atom is -0.334 e. The molecular formula is C17H20ClN3O2S. The van der Waals surface area contributed by atoms with Crippen molar-refractivity contribution in [2.75, 3.05) is 0 Å². The number of benzene rings is 1. The van der Waals surface area contributed by atoms with Crippen molar-refractivity contribution in [2.45, 2.75) is 45.1 Å². The molecule has 0 saturated heterocycles. The zero-order valence-electron chi connectivity index (χ0n) is 13.4. The number of rotatable bonds is 2. The van der Waals surface area contributed by atoms with E-state index < -0.39 is 5.91 Å². The van der Waals surface area contributed by atoms with Gasteiger partial charge in [-0.3, -0.25) is 10.2 Å². The van der Waals surface area contributed by atoms with Crippen LogP contribution >= 0.6 is 22.9 Å². The molecule has 1 aromatic carbocycles. The topological polar surface area (TPSA) is 70.2 Å². The molecule has 0 spiro atoms. The van der Waals surface area contributed by atoms with Crippen molar-refractivity contribution in [3.63, 3.8) is 0 Å². The van der Waals surface area contributed by atoms with Crippen molar-refractivity contribution in [1.82, 2.24) is 16.2 Å². The van der Waals surface area contributed by atoms with E-state index in [-0.39, 0.29) is 12.1 Å². The second-order valence-electron chi connectivity index (χ2n) is 6.13. The Kier molecular flexibility index (Phi) is 5.26. The molecule has 0 radical (unpaired) electrons. The summed E-state index contributed by atoms with van der Waals surface area (Å²) in [7, 11) is 0. The smallest absolute Gasteiger partial charge is 0.333 e. The average Bonchev–Trinajstić information content (AvgIpc) is 2.90. The van der Waals surface area contributed by atoms with E-state index in [0.29, 0.717) is 9.90 Å². The van der Waals surface area contributed by atoms with Crippen LogP contribution in [0.2, 0.25) is 5.02 Å². The fourth-order valence-electron chi connectivity index (χ4n) is 2.96. The maximum atomic E-state index is 12.3. The molecule has 3 N–H and O–H groups in total. The zero-order chi connectivity index (χ0) is 17.1. The molecule has 128 valence electrons. The molecule has 2 aromatic rings. The monoisotopic (exact) mass is 365 g/mol. The number of urea groups is 1. The van der Waals surface area contributed by atoms with Crippen molar-refractivity contribution in [3.8, 4) is 0 Å². The highest BCUT2D eigenvalue weighted by molar-refractivity contribution is 7.21. The van der Waals surface area contributed by atoms with Gasteiger partial charge in [0.05, 0.1) is 5.02 Å². The third-order valence-electron chi connectivity index (χ3n) is 4.22. The number of carbonyl (C=O) groups is 2. The van der Waals surface area contributed by atoms with Crippen molar-refractivity contribution >= 4 is 45.0 Å². The minimum atomic E-state index is -0.405. The van der Waals surface area contributed by atoms with Gasteiger partial charge in [0.15, 0.2) is 0 Å². The normalized spacial score (nSPS) is 15.2. The van der Waals surface area contributed by atoms with Gasteiger partial charge in [0.25, 0.3) is 5.91 Å². The van der Waals surface area contributed by atoms with E-state index in [2.05, 4.69) is 16.2 Å². The first-order valence-electron chi connectivity index (χ1n) is 8.10. The lowest BCUT2D eigenvalue weighted by molar-refractivity contribution is 0.0940. The molecule has 1 heterocycles. The fraction of sp³-hybridized carbons (Fsp3) is 0.412. The van der Waals surface area contributed by atoms with Gasteiger partial charge in [0, 0.05) is 16.1 Å². The van der Waals surface area contributed by atoms with Gasteiger partial charge in [-0.2, -0.15) is 0 Å². The van der Waals surface area contributed by atoms with E-state index in [1.807, 2.05) is 25.1 Å². The number of amides is 3. The Morgan fingerprint density at radius 3 is 2.67 bits per heavy atom. The predicted octanol–water partition coefficient (Wildman–Crippen LogP) is 4.14. The summed E-state index contributed by atoms with van der Waals surface area (Å²) >= 11 is 7.61. The maximum absolute atomic E-state index is 12.3. The number of aryl methyl sites for hydroxylation is 1. The lowest BCUT2D eigenvalue weighted by Crippen LogP contribution is -2.50. The van der Waals surface area contributed by atoms with Crippen LogP contribution in [-0.2, 0) is 0 Å². The van der Waals surface area contributed by atoms with Crippen molar-refractivity contribution in [3.05, 3.63) is 33.7 Å². The number of nitrogens with one attached hydrogen (secondary N) is 3. The largest absolute Gasteiger partial charge is 0.334 e. The molecule has 3 amide bonds. The van der Waals surface area contributed by atoms with E-state index >= 15 is 0 Å². The summed E-state index contributed by atoms with van der Waals surface area (Å²) in [5, 5.41) is 4.15. The Bertz CT molecular complexity index is 769. The Morgan fingerprint density at radius 2 is 1.92 bits per heavy atom. The molecule has 0 aliphatic heterocycles. The first-order valence-corrected chi connectivity index (χ1v) is 9.29. The van der Waals surface area contributed by atoms with Crippen LogP contribution in [0, 0.1) is 6.92 Å². The third-order valence-corrected chi connectivity index (χ3v) is 5.88. The van der Waals surface area contributed by atoms with Crippen molar-refractivity contribution in [1.29, 1.82) is 0 Å². The minimum absolute atomic E-state index is 0.187. The molecule has 3 rings (SSSR count). The molecule has 1 saturated carbocycles. The Morgan fingerprint density at radius 1 is 1.17 bits per heavy atom. The van der Waals surface area contributed by atoms with Crippen LogP contribution in [0.25, 0.3) is 10.1 Å². The molecule has 1 aliphatic carbocycles. The van der Waals surface area contributed by atoms with Gasteiger partial charge in [-0.1, -0.05) is 43.0 Å². The molecule has 0 atom stereocenters. The first kappa shape index (κ1) is 17.0. The maximum Gasteiger partial charge on any atom is 0.333 e. The average molecular weight is 366 g/mol. The number of halogens is 1. The van der Waals surface area contributed by atoms with E-state index in [9.17, 15) is 9.59 Å². The second-order valence-corrected chi connectivity index (χ2v) is 7.56. The van der Waals surface area contributed by atoms with Crippen LogP contribution in [0.3, 0.4) is 0 Å². The van der Waals surface area contributed by atoms with E-state index in [0.717, 1.165) is 41.3 Å². The summed E-state index contributed by atoms with van der Waals surface area (Å²) in [5.41, 5.74) is 5.95. The van der Waals surface area contributed by atoms with Gasteiger partial charge in [-0.15, -0.1) is 11.3 Å². The summed E-state index contributed by atoms with van der Waals surface area (Å²) in [4.78, 5) is 24.6. The second kappa shape index (κ2) is 7.40. The number of hydrazine groups is 1. The molecule has 1 fully saturated rings. The lowest BCUT2D eigenvalue weighted by Gasteiger charge is -2.22. The van der Waals surface area contributed by atoms with Crippen molar-refractivity contribution in [2.24, 2.45) is 0 Å². The number of hydrogen-bond donors (Lipinski definition) is 3. The molecule has 7 heteroatoms. The summed E-state index contributed by atoms with van der Waals surface area (Å²) in [6, 6.07) is 5.66. The molecule has 0 unspecified atom stereocenters. The van der Waals surface area contributed by atoms with E-state index in [4.69, 9.17) is 11.6 Å². The third kappa shape index (κ3) is 3.82. The molecule has 5 nitrogen and oxygen atoms in total. The van der Waals surface area contributed by atoms with Gasteiger partial charge in [0.1, 0.15) is 4.88 Å². The van der Waals surface area contributed by atoms with Gasteiger partial charge >= 0.3 is 6.03 Å². The predicted molar refractivity (Wildman–Crippen MR) is 97.6 cm³/mol. The van der Waals surface area contributed by atoms with Crippen LogP contribution < -0.4 is 16.2 Å². The highest BCUT2D eigenvalue weighted by Gasteiger charge is 2.19. The van der Waals surface area contributed by atoms with Crippen LogP contribution in [0.5, 0.6) is 0 Å². The quantitative estimate of drug-likeness (QED) is 0.700. The summed E-state index contributed by atoms with van der Waals surface area (Å²) < 4.78 is 0.955. The number of carbonyl (C=O) groups excluding carboxylic acids is 2. The highest BCUT2D eigenvalue weighted by Crippen LogP contribution is 2.35. The van der Waals surface area contributed by atoms with Crippen LogP contribution in [0.1, 0.15) is 47.3 Å². The Balaban J connectivity index is 1.60. The Labute approximate surface area is 149 Å².